The van der Waals surface area contributed by atoms with Crippen LogP contribution in [-0.4, -0.2) is 4.98 Å². The molecule has 2 aliphatic carbocycles. The number of allylic oxidation sites excluding steroid dienone is 1. The van der Waals surface area contributed by atoms with Gasteiger partial charge in [-0.2, -0.15) is 0 Å². The molecule has 2 aliphatic rings. The van der Waals surface area contributed by atoms with Crippen molar-refractivity contribution in [2.45, 2.75) is 58.3 Å². The Kier molecular flexibility index (Phi) is 4.24. The van der Waals surface area contributed by atoms with Crippen LogP contribution in [0.25, 0.3) is 0 Å². The molecule has 1 aromatic rings. The third-order valence-electron chi connectivity index (χ3n) is 5.27. The first-order valence-corrected chi connectivity index (χ1v) is 8.32. The van der Waals surface area contributed by atoms with E-state index < -0.39 is 0 Å². The zero-order valence-corrected chi connectivity index (χ0v) is 12.8. The Balaban J connectivity index is 1.65. The Labute approximate surface area is 123 Å². The van der Waals surface area contributed by atoms with Gasteiger partial charge >= 0.3 is 0 Å². The second-order valence-electron chi connectivity index (χ2n) is 6.95. The average molecular weight is 269 g/mol. The first-order valence-electron chi connectivity index (χ1n) is 8.32. The summed E-state index contributed by atoms with van der Waals surface area (Å²) in [7, 11) is 0. The molecule has 2 fully saturated rings. The molecular formula is C19H27N. The molecule has 2 saturated carbocycles. The van der Waals surface area contributed by atoms with Crippen molar-refractivity contribution in [2.24, 2.45) is 17.8 Å². The lowest BCUT2D eigenvalue weighted by Gasteiger charge is -2.21. The normalized spacial score (nSPS) is 27.9. The number of aryl methyl sites for hydroxylation is 2. The number of rotatable bonds is 6. The Hall–Kier alpha value is -1.11. The highest BCUT2D eigenvalue weighted by Gasteiger charge is 2.39. The smallest absolute Gasteiger partial charge is 0.0412 e. The van der Waals surface area contributed by atoms with Crippen LogP contribution >= 0.6 is 0 Å². The highest BCUT2D eigenvalue weighted by atomic mass is 14.7. The monoisotopic (exact) mass is 269 g/mol. The maximum absolute atomic E-state index is 4.92. The molecule has 0 aromatic carbocycles. The lowest BCUT2D eigenvalue weighted by Crippen LogP contribution is -2.14. The van der Waals surface area contributed by atoms with Crippen LogP contribution in [0.3, 0.4) is 0 Å². The van der Waals surface area contributed by atoms with Crippen molar-refractivity contribution in [1.29, 1.82) is 0 Å². The lowest BCUT2D eigenvalue weighted by molar-refractivity contribution is 0.329. The van der Waals surface area contributed by atoms with Crippen LogP contribution in [0.1, 0.15) is 55.5 Å². The molecule has 0 N–H and O–H groups in total. The Bertz CT molecular complexity index is 477. The highest BCUT2D eigenvalue weighted by molar-refractivity contribution is 5.21. The Morgan fingerprint density at radius 2 is 2.10 bits per heavy atom. The topological polar surface area (TPSA) is 12.9 Å². The van der Waals surface area contributed by atoms with E-state index in [2.05, 4.69) is 25.6 Å². The predicted molar refractivity (Wildman–Crippen MR) is 84.8 cm³/mol. The Morgan fingerprint density at radius 1 is 1.25 bits per heavy atom. The van der Waals surface area contributed by atoms with Crippen LogP contribution in [0, 0.1) is 24.7 Å². The van der Waals surface area contributed by atoms with E-state index in [9.17, 15) is 0 Å². The van der Waals surface area contributed by atoms with Gasteiger partial charge in [-0.05, 0) is 87.3 Å². The molecular weight excluding hydrogens is 242 g/mol. The lowest BCUT2D eigenvalue weighted by atomic mass is 9.85. The van der Waals surface area contributed by atoms with Crippen LogP contribution in [-0.2, 0) is 12.8 Å². The molecule has 20 heavy (non-hydrogen) atoms. The standard InChI is InChI=1S/C19H27N/c1-3-4-5-6-18-9-14(2)10-19(20-18)13-17-12-15-7-8-16(17)11-15/h3,9-10,15-17H,1,4-8,11-13H2,2H3/t15-,16+,17-/m0/s1. The molecule has 1 aromatic heterocycles. The molecule has 108 valence electrons. The minimum Gasteiger partial charge on any atom is -0.258 e. The van der Waals surface area contributed by atoms with Crippen molar-refractivity contribution in [1.82, 2.24) is 4.98 Å². The summed E-state index contributed by atoms with van der Waals surface area (Å²) in [4.78, 5) is 4.92. The summed E-state index contributed by atoms with van der Waals surface area (Å²) < 4.78 is 0. The largest absolute Gasteiger partial charge is 0.258 e. The van der Waals surface area contributed by atoms with Crippen molar-refractivity contribution in [3.63, 3.8) is 0 Å². The van der Waals surface area contributed by atoms with Gasteiger partial charge in [-0.3, -0.25) is 4.98 Å². The molecule has 1 heteroatoms. The van der Waals surface area contributed by atoms with Crippen molar-refractivity contribution < 1.29 is 0 Å². The number of hydrogen-bond acceptors (Lipinski definition) is 1. The third kappa shape index (κ3) is 3.13. The fourth-order valence-corrected chi connectivity index (χ4v) is 4.37. The molecule has 1 heterocycles. The van der Waals surface area contributed by atoms with Gasteiger partial charge in [-0.1, -0.05) is 12.5 Å². The first-order chi connectivity index (χ1) is 9.74. The summed E-state index contributed by atoms with van der Waals surface area (Å²) in [5.74, 6) is 2.97. The van der Waals surface area contributed by atoms with E-state index in [4.69, 9.17) is 4.98 Å². The minimum atomic E-state index is 0.920. The van der Waals surface area contributed by atoms with Gasteiger partial charge in [-0.25, -0.2) is 0 Å². The maximum atomic E-state index is 4.92. The maximum Gasteiger partial charge on any atom is 0.0412 e. The molecule has 0 spiro atoms. The predicted octanol–water partition coefficient (Wildman–Crippen LogP) is 4.88. The van der Waals surface area contributed by atoms with E-state index in [1.165, 1.54) is 55.5 Å². The number of nitrogens with zero attached hydrogens (tertiary/aromatic N) is 1. The first kappa shape index (κ1) is 13.9. The van der Waals surface area contributed by atoms with E-state index in [0.29, 0.717) is 0 Å². The van der Waals surface area contributed by atoms with Crippen LogP contribution in [0.2, 0.25) is 0 Å². The van der Waals surface area contributed by atoms with Crippen LogP contribution in [0.15, 0.2) is 24.8 Å². The van der Waals surface area contributed by atoms with E-state index in [-0.39, 0.29) is 0 Å². The van der Waals surface area contributed by atoms with Gasteiger partial charge in [0.15, 0.2) is 0 Å². The fraction of sp³-hybridized carbons (Fsp3) is 0.632. The van der Waals surface area contributed by atoms with Gasteiger partial charge in [0, 0.05) is 11.4 Å². The van der Waals surface area contributed by atoms with Gasteiger partial charge in [0.1, 0.15) is 0 Å². The molecule has 3 rings (SSSR count). The number of fused-ring (bicyclic) bond motifs is 2. The van der Waals surface area contributed by atoms with Gasteiger partial charge in [0.25, 0.3) is 0 Å². The molecule has 0 unspecified atom stereocenters. The molecule has 3 atom stereocenters. The number of unbranched alkanes of at least 4 members (excludes halogenated alkanes) is 1. The minimum absolute atomic E-state index is 0.920. The van der Waals surface area contributed by atoms with Crippen LogP contribution < -0.4 is 0 Å². The van der Waals surface area contributed by atoms with Crippen molar-refractivity contribution >= 4 is 0 Å². The van der Waals surface area contributed by atoms with Crippen molar-refractivity contribution in [3.8, 4) is 0 Å². The second-order valence-corrected chi connectivity index (χ2v) is 6.95. The van der Waals surface area contributed by atoms with Crippen molar-refractivity contribution in [3.05, 3.63) is 41.7 Å². The summed E-state index contributed by atoms with van der Waals surface area (Å²) in [6.07, 6.45) is 12.5. The summed E-state index contributed by atoms with van der Waals surface area (Å²) in [5.41, 5.74) is 4.01. The number of pyridine rings is 1. The molecule has 2 bridgehead atoms. The average Bonchev–Trinajstić information content (AvgIpc) is 3.00. The van der Waals surface area contributed by atoms with Gasteiger partial charge < -0.3 is 0 Å². The van der Waals surface area contributed by atoms with Crippen LogP contribution in [0.4, 0.5) is 0 Å². The SMILES string of the molecule is C=CCCCc1cc(C)cc(C[C@@H]2C[C@H]3CC[C@@H]2C3)n1. The summed E-state index contributed by atoms with van der Waals surface area (Å²) in [5, 5.41) is 0. The molecule has 0 aliphatic heterocycles. The zero-order chi connectivity index (χ0) is 13.9. The molecule has 0 radical (unpaired) electrons. The zero-order valence-electron chi connectivity index (χ0n) is 12.8. The third-order valence-corrected chi connectivity index (χ3v) is 5.27. The summed E-state index contributed by atoms with van der Waals surface area (Å²) >= 11 is 0. The van der Waals surface area contributed by atoms with E-state index in [0.717, 1.165) is 30.6 Å². The Morgan fingerprint density at radius 3 is 2.80 bits per heavy atom. The van der Waals surface area contributed by atoms with Crippen LogP contribution in [0.5, 0.6) is 0 Å². The quantitative estimate of drug-likeness (QED) is 0.530. The van der Waals surface area contributed by atoms with E-state index >= 15 is 0 Å². The number of hydrogen-bond donors (Lipinski definition) is 0. The number of aromatic nitrogens is 1. The summed E-state index contributed by atoms with van der Waals surface area (Å²) in [6, 6.07) is 4.57. The molecule has 0 amide bonds. The fourth-order valence-electron chi connectivity index (χ4n) is 4.37. The van der Waals surface area contributed by atoms with E-state index in [1.807, 2.05) is 6.08 Å². The van der Waals surface area contributed by atoms with Gasteiger partial charge in [-0.15, -0.1) is 6.58 Å². The second kappa shape index (κ2) is 6.11. The van der Waals surface area contributed by atoms with Crippen molar-refractivity contribution in [2.75, 3.05) is 0 Å². The van der Waals surface area contributed by atoms with E-state index in [1.54, 1.807) is 0 Å². The van der Waals surface area contributed by atoms with Gasteiger partial charge in [0.05, 0.1) is 0 Å². The van der Waals surface area contributed by atoms with Gasteiger partial charge in [0.2, 0.25) is 0 Å². The highest BCUT2D eigenvalue weighted by Crippen LogP contribution is 2.49. The molecule has 0 saturated heterocycles. The summed E-state index contributed by atoms with van der Waals surface area (Å²) in [6.45, 7) is 6.01. The molecule has 1 nitrogen and oxygen atoms in total.